The van der Waals surface area contributed by atoms with Gasteiger partial charge in [-0.15, -0.1) is 11.3 Å². The van der Waals surface area contributed by atoms with Gasteiger partial charge >= 0.3 is 5.97 Å². The number of rotatable bonds is 9. The lowest BCUT2D eigenvalue weighted by Crippen LogP contribution is -2.42. The Labute approximate surface area is 258 Å². The fraction of sp³-hybridized carbons (Fsp3) is 0.0625. The molecule has 3 heterocycles. The number of anilines is 1. The smallest absolute Gasteiger partial charge is 0.326 e. The van der Waals surface area contributed by atoms with Gasteiger partial charge in [0.25, 0.3) is 11.8 Å². The number of amides is 2. The molecule has 0 unspecified atom stereocenters. The monoisotopic (exact) mass is 627 g/mol. The second-order valence-electron chi connectivity index (χ2n) is 9.89. The largest absolute Gasteiger partial charge is 0.480 e. The van der Waals surface area contributed by atoms with Crippen molar-refractivity contribution in [2.75, 3.05) is 5.32 Å². The Balaban J connectivity index is 1.24. The average molecular weight is 628 g/mol. The molecule has 0 spiro atoms. The van der Waals surface area contributed by atoms with Crippen molar-refractivity contribution in [2.24, 2.45) is 0 Å². The van der Waals surface area contributed by atoms with Gasteiger partial charge in [-0.25, -0.2) is 13.9 Å². The molecule has 3 aromatic carbocycles. The summed E-state index contributed by atoms with van der Waals surface area (Å²) in [6.45, 7) is 0. The molecule has 2 amide bonds. The van der Waals surface area contributed by atoms with Crippen molar-refractivity contribution in [3.8, 4) is 16.3 Å². The highest BCUT2D eigenvalue weighted by Crippen LogP contribution is 2.33. The predicted octanol–water partition coefficient (Wildman–Crippen LogP) is 6.55. The number of carboxylic acid groups (broad SMARTS) is 1. The van der Waals surface area contributed by atoms with Gasteiger partial charge in [-0.3, -0.25) is 9.59 Å². The Hall–Kier alpha value is -5.26. The van der Waals surface area contributed by atoms with E-state index < -0.39 is 29.6 Å². The van der Waals surface area contributed by atoms with E-state index >= 15 is 0 Å². The van der Waals surface area contributed by atoms with Crippen LogP contribution in [0.1, 0.15) is 26.3 Å². The number of para-hydroxylation sites is 2. The van der Waals surface area contributed by atoms with Gasteiger partial charge in [-0.1, -0.05) is 48.0 Å². The van der Waals surface area contributed by atoms with E-state index in [-0.39, 0.29) is 23.2 Å². The summed E-state index contributed by atoms with van der Waals surface area (Å²) in [6.07, 6.45) is 3.26. The molecule has 6 aromatic rings. The summed E-state index contributed by atoms with van der Waals surface area (Å²) in [5.74, 6) is -3.43. The van der Waals surface area contributed by atoms with Crippen LogP contribution in [0.25, 0.3) is 27.2 Å². The van der Waals surface area contributed by atoms with Crippen LogP contribution in [0.4, 0.5) is 10.1 Å². The summed E-state index contributed by atoms with van der Waals surface area (Å²) in [4.78, 5) is 42.4. The summed E-state index contributed by atoms with van der Waals surface area (Å²) in [6, 6.07) is 22.1. The van der Waals surface area contributed by atoms with Crippen molar-refractivity contribution in [3.05, 3.63) is 124 Å². The number of H-pyrrole nitrogens is 1. The first-order chi connectivity index (χ1) is 21.2. The molecule has 0 aliphatic rings. The lowest BCUT2D eigenvalue weighted by atomic mass is 10.0. The van der Waals surface area contributed by atoms with Crippen LogP contribution in [0, 0.1) is 5.82 Å². The normalized spacial score (nSPS) is 11.8. The summed E-state index contributed by atoms with van der Waals surface area (Å²) in [5, 5.41) is 20.4. The third-order valence-electron chi connectivity index (χ3n) is 6.91. The van der Waals surface area contributed by atoms with Crippen molar-refractivity contribution in [2.45, 2.75) is 12.5 Å². The second kappa shape index (κ2) is 12.2. The third-order valence-corrected chi connectivity index (χ3v) is 8.14. The van der Waals surface area contributed by atoms with Crippen molar-refractivity contribution in [1.29, 1.82) is 0 Å². The fourth-order valence-corrected chi connectivity index (χ4v) is 5.87. The second-order valence-corrected chi connectivity index (χ2v) is 11.6. The molecule has 220 valence electrons. The Morgan fingerprint density at radius 1 is 1.00 bits per heavy atom. The van der Waals surface area contributed by atoms with Crippen molar-refractivity contribution >= 4 is 57.3 Å². The Bertz CT molecular complexity index is 2020. The van der Waals surface area contributed by atoms with Gasteiger partial charge in [0.1, 0.15) is 17.6 Å². The number of hydrogen-bond donors (Lipinski definition) is 4. The predicted molar refractivity (Wildman–Crippen MR) is 167 cm³/mol. The number of carbonyl (C=O) groups excluding carboxylic acids is 2. The van der Waals surface area contributed by atoms with E-state index in [4.69, 9.17) is 11.6 Å². The summed E-state index contributed by atoms with van der Waals surface area (Å²) >= 11 is 7.40. The highest BCUT2D eigenvalue weighted by atomic mass is 35.5. The van der Waals surface area contributed by atoms with Gasteiger partial charge in [0.2, 0.25) is 0 Å². The number of benzene rings is 3. The Morgan fingerprint density at radius 3 is 2.52 bits per heavy atom. The number of carboxylic acids is 1. The van der Waals surface area contributed by atoms with E-state index in [1.807, 2.05) is 54.6 Å². The molecule has 3 aromatic heterocycles. The summed E-state index contributed by atoms with van der Waals surface area (Å²) in [7, 11) is 0. The Morgan fingerprint density at radius 2 is 1.77 bits per heavy atom. The molecule has 0 saturated heterocycles. The van der Waals surface area contributed by atoms with Gasteiger partial charge in [0.15, 0.2) is 0 Å². The average Bonchev–Trinajstić information content (AvgIpc) is 3.75. The number of aromatic nitrogens is 3. The number of nitrogens with zero attached hydrogens (tertiary/aromatic N) is 2. The molecule has 6 rings (SSSR count). The van der Waals surface area contributed by atoms with Crippen LogP contribution in [-0.4, -0.2) is 43.7 Å². The molecule has 0 aliphatic heterocycles. The molecule has 44 heavy (non-hydrogen) atoms. The maximum Gasteiger partial charge on any atom is 0.326 e. The zero-order valence-electron chi connectivity index (χ0n) is 22.8. The maximum atomic E-state index is 14.7. The van der Waals surface area contributed by atoms with Crippen LogP contribution in [0.5, 0.6) is 0 Å². The number of aromatic amines is 1. The molecular weight excluding hydrogens is 605 g/mol. The number of carbonyl (C=O) groups is 3. The van der Waals surface area contributed by atoms with Crippen LogP contribution >= 0.6 is 22.9 Å². The van der Waals surface area contributed by atoms with Crippen LogP contribution < -0.4 is 10.6 Å². The van der Waals surface area contributed by atoms with Crippen LogP contribution in [0.2, 0.25) is 4.34 Å². The molecule has 0 saturated carbocycles. The molecule has 12 heteroatoms. The van der Waals surface area contributed by atoms with Gasteiger partial charge in [0, 0.05) is 41.0 Å². The summed E-state index contributed by atoms with van der Waals surface area (Å²) < 4.78 is 16.8. The Kier molecular flexibility index (Phi) is 7.97. The number of halogens is 2. The van der Waals surface area contributed by atoms with Crippen molar-refractivity contribution in [1.82, 2.24) is 20.1 Å². The molecule has 0 aliphatic carbocycles. The number of nitrogens with one attached hydrogen (secondary N) is 3. The topological polar surface area (TPSA) is 129 Å². The van der Waals surface area contributed by atoms with Gasteiger partial charge in [0.05, 0.1) is 20.5 Å². The minimum Gasteiger partial charge on any atom is -0.480 e. The van der Waals surface area contributed by atoms with Crippen LogP contribution in [-0.2, 0) is 11.2 Å². The lowest BCUT2D eigenvalue weighted by molar-refractivity contribution is -0.139. The highest BCUT2D eigenvalue weighted by molar-refractivity contribution is 7.19. The SMILES string of the molecule is O=C(N[C@@H](Cc1c[nH]c2ccccc12)C(=O)O)c1cc(F)cc(NC(=O)c2cn(-c3ccccc3)nc2-c2ccc(Cl)s2)c1. The number of aliphatic carboxylic acids is 1. The molecule has 4 N–H and O–H groups in total. The first kappa shape index (κ1) is 28.8. The first-order valence-corrected chi connectivity index (χ1v) is 14.6. The van der Waals surface area contributed by atoms with Crippen molar-refractivity contribution < 1.29 is 23.9 Å². The quantitative estimate of drug-likeness (QED) is 0.144. The minimum atomic E-state index is -1.29. The van der Waals surface area contributed by atoms with E-state index in [1.54, 1.807) is 29.2 Å². The number of hydrogen-bond acceptors (Lipinski definition) is 5. The van der Waals surface area contributed by atoms with E-state index in [0.717, 1.165) is 28.7 Å². The van der Waals surface area contributed by atoms with Gasteiger partial charge in [-0.05, 0) is 54.1 Å². The van der Waals surface area contributed by atoms with Gasteiger partial charge in [-0.2, -0.15) is 5.10 Å². The standard InChI is InChI=1S/C32H23ClFN5O4S/c33-28-11-10-27(44-28)29-24(17-39(38-29)22-6-2-1-3-7-22)31(41)36-21-13-18(12-20(34)15-21)30(40)37-26(32(42)43)14-19-16-35-25-9-5-4-8-23(19)25/h1-13,15-17,26,35H,14H2,(H,36,41)(H,37,40)(H,42,43)/t26-/m0/s1. The number of thiophene rings is 1. The molecule has 0 fully saturated rings. The minimum absolute atomic E-state index is 0.00487. The van der Waals surface area contributed by atoms with Crippen molar-refractivity contribution in [3.63, 3.8) is 0 Å². The molecule has 0 bridgehead atoms. The molecule has 0 radical (unpaired) electrons. The molecular formula is C32H23ClFN5O4S. The third kappa shape index (κ3) is 6.10. The molecule has 1 atom stereocenters. The summed E-state index contributed by atoms with van der Waals surface area (Å²) in [5.41, 5.74) is 2.69. The number of fused-ring (bicyclic) bond motifs is 1. The van der Waals surface area contributed by atoms with E-state index in [0.29, 0.717) is 20.5 Å². The lowest BCUT2D eigenvalue weighted by Gasteiger charge is -2.15. The maximum absolute atomic E-state index is 14.7. The van der Waals surface area contributed by atoms with Crippen LogP contribution in [0.15, 0.2) is 97.3 Å². The van der Waals surface area contributed by atoms with E-state index in [2.05, 4.69) is 20.7 Å². The van der Waals surface area contributed by atoms with E-state index in [9.17, 15) is 23.9 Å². The fourth-order valence-electron chi connectivity index (χ4n) is 4.83. The highest BCUT2D eigenvalue weighted by Gasteiger charge is 2.24. The van der Waals surface area contributed by atoms with E-state index in [1.165, 1.54) is 17.4 Å². The van der Waals surface area contributed by atoms with Crippen LogP contribution in [0.3, 0.4) is 0 Å². The zero-order valence-corrected chi connectivity index (χ0v) is 24.3. The molecule has 9 nitrogen and oxygen atoms in total. The first-order valence-electron chi connectivity index (χ1n) is 13.4. The van der Waals surface area contributed by atoms with Gasteiger partial charge < -0.3 is 20.7 Å². The zero-order chi connectivity index (χ0) is 30.8.